The molecule has 2 heterocycles. The van der Waals surface area contributed by atoms with Crippen molar-refractivity contribution in [1.29, 1.82) is 0 Å². The molecule has 0 aliphatic carbocycles. The summed E-state index contributed by atoms with van der Waals surface area (Å²) in [6.07, 6.45) is 6.90. The molecule has 4 nitrogen and oxygen atoms in total. The van der Waals surface area contributed by atoms with Crippen molar-refractivity contribution in [3.8, 4) is 0 Å². The lowest BCUT2D eigenvalue weighted by atomic mass is 10.2. The Morgan fingerprint density at radius 2 is 2.46 bits per heavy atom. The van der Waals surface area contributed by atoms with Gasteiger partial charge in [-0.1, -0.05) is 0 Å². The molecule has 0 spiro atoms. The van der Waals surface area contributed by atoms with Crippen LogP contribution in [0.4, 0.5) is 0 Å². The molecular weight excluding hydrogens is 168 g/mol. The van der Waals surface area contributed by atoms with E-state index >= 15 is 0 Å². The van der Waals surface area contributed by atoms with Crippen LogP contribution < -0.4 is 0 Å². The quantitative estimate of drug-likeness (QED) is 0.763. The van der Waals surface area contributed by atoms with Gasteiger partial charge < -0.3 is 14.1 Å². The second-order valence-electron chi connectivity index (χ2n) is 2.76. The Bertz CT molecular complexity index is 365. The summed E-state index contributed by atoms with van der Waals surface area (Å²) in [6.45, 7) is 0.628. The largest absolute Gasteiger partial charge is 0.467 e. The number of hydrogen-bond donors (Lipinski definition) is 1. The lowest BCUT2D eigenvalue weighted by molar-refractivity contribution is 0.245. The van der Waals surface area contributed by atoms with E-state index in [1.165, 1.54) is 0 Å². The number of rotatable bonds is 3. The van der Waals surface area contributed by atoms with Crippen molar-refractivity contribution in [3.63, 3.8) is 0 Å². The molecule has 0 amide bonds. The molecule has 2 aromatic heterocycles. The molecule has 0 aliphatic heterocycles. The molecular formula is C9H10N2O2. The minimum absolute atomic E-state index is 0.0585. The van der Waals surface area contributed by atoms with Gasteiger partial charge in [-0.05, 0) is 6.07 Å². The van der Waals surface area contributed by atoms with E-state index in [0.717, 1.165) is 5.56 Å². The number of hydrogen-bond acceptors (Lipinski definition) is 3. The lowest BCUT2D eigenvalue weighted by Gasteiger charge is -2.00. The zero-order chi connectivity index (χ0) is 9.10. The highest BCUT2D eigenvalue weighted by Gasteiger charge is 2.04. The second kappa shape index (κ2) is 3.45. The standard InChI is InChI=1S/C9H10N2O2/c12-6-9-8(1-4-13-9)5-11-3-2-10-7-11/h1-4,7,12H,5-6H2. The van der Waals surface area contributed by atoms with Crippen LogP contribution in [-0.2, 0) is 13.2 Å². The molecule has 0 radical (unpaired) electrons. The number of aromatic nitrogens is 2. The van der Waals surface area contributed by atoms with Gasteiger partial charge in [0.05, 0.1) is 19.1 Å². The van der Waals surface area contributed by atoms with E-state index in [1.54, 1.807) is 18.8 Å². The number of aliphatic hydroxyl groups is 1. The van der Waals surface area contributed by atoms with Gasteiger partial charge in [-0.15, -0.1) is 0 Å². The van der Waals surface area contributed by atoms with Crippen molar-refractivity contribution in [3.05, 3.63) is 42.4 Å². The molecule has 0 bridgehead atoms. The van der Waals surface area contributed by atoms with Crippen molar-refractivity contribution in [2.75, 3.05) is 0 Å². The summed E-state index contributed by atoms with van der Waals surface area (Å²) < 4.78 is 7.00. The Morgan fingerprint density at radius 1 is 1.54 bits per heavy atom. The maximum Gasteiger partial charge on any atom is 0.134 e. The zero-order valence-corrected chi connectivity index (χ0v) is 7.05. The highest BCUT2D eigenvalue weighted by Crippen LogP contribution is 2.11. The molecule has 0 aromatic carbocycles. The number of furan rings is 1. The van der Waals surface area contributed by atoms with Crippen LogP contribution in [-0.4, -0.2) is 14.7 Å². The van der Waals surface area contributed by atoms with Crippen LogP contribution in [0.15, 0.2) is 35.5 Å². The molecule has 0 saturated heterocycles. The summed E-state index contributed by atoms with van der Waals surface area (Å²) in [6, 6.07) is 1.85. The smallest absolute Gasteiger partial charge is 0.134 e. The monoisotopic (exact) mass is 178 g/mol. The average molecular weight is 178 g/mol. The third-order valence-electron chi connectivity index (χ3n) is 1.89. The van der Waals surface area contributed by atoms with Gasteiger partial charge in [0.25, 0.3) is 0 Å². The van der Waals surface area contributed by atoms with Crippen molar-refractivity contribution < 1.29 is 9.52 Å². The fraction of sp³-hybridized carbons (Fsp3) is 0.222. The molecule has 68 valence electrons. The van der Waals surface area contributed by atoms with Crippen LogP contribution in [0.1, 0.15) is 11.3 Å². The molecule has 0 unspecified atom stereocenters. The van der Waals surface area contributed by atoms with Crippen molar-refractivity contribution >= 4 is 0 Å². The first-order chi connectivity index (χ1) is 6.40. The number of aliphatic hydroxyl groups excluding tert-OH is 1. The van der Waals surface area contributed by atoms with Crippen LogP contribution in [0.2, 0.25) is 0 Å². The summed E-state index contributed by atoms with van der Waals surface area (Å²) >= 11 is 0. The summed E-state index contributed by atoms with van der Waals surface area (Å²) in [5.74, 6) is 0.619. The van der Waals surface area contributed by atoms with E-state index < -0.39 is 0 Å². The Hall–Kier alpha value is -1.55. The molecule has 0 saturated carbocycles. The summed E-state index contributed by atoms with van der Waals surface area (Å²) in [4.78, 5) is 3.93. The predicted octanol–water partition coefficient (Wildman–Crippen LogP) is 1.02. The van der Waals surface area contributed by atoms with Gasteiger partial charge in [0, 0.05) is 18.0 Å². The highest BCUT2D eigenvalue weighted by atomic mass is 16.4. The van der Waals surface area contributed by atoms with Gasteiger partial charge in [-0.2, -0.15) is 0 Å². The van der Waals surface area contributed by atoms with Gasteiger partial charge in [0.1, 0.15) is 12.4 Å². The molecule has 1 N–H and O–H groups in total. The zero-order valence-electron chi connectivity index (χ0n) is 7.05. The maximum atomic E-state index is 8.92. The van der Waals surface area contributed by atoms with Gasteiger partial charge >= 0.3 is 0 Å². The summed E-state index contributed by atoms with van der Waals surface area (Å²) in [5, 5.41) is 8.92. The van der Waals surface area contributed by atoms with E-state index in [9.17, 15) is 0 Å². The van der Waals surface area contributed by atoms with E-state index in [4.69, 9.17) is 9.52 Å². The first-order valence-corrected chi connectivity index (χ1v) is 4.02. The fourth-order valence-electron chi connectivity index (χ4n) is 1.22. The number of imidazole rings is 1. The minimum Gasteiger partial charge on any atom is -0.467 e. The first kappa shape index (κ1) is 8.07. The fourth-order valence-corrected chi connectivity index (χ4v) is 1.22. The van der Waals surface area contributed by atoms with Crippen LogP contribution in [0, 0.1) is 0 Å². The van der Waals surface area contributed by atoms with Crippen LogP contribution in [0.3, 0.4) is 0 Å². The third kappa shape index (κ3) is 1.62. The molecule has 4 heteroatoms. The number of nitrogens with zero attached hydrogens (tertiary/aromatic N) is 2. The molecule has 13 heavy (non-hydrogen) atoms. The first-order valence-electron chi connectivity index (χ1n) is 4.02. The maximum absolute atomic E-state index is 8.92. The van der Waals surface area contributed by atoms with Gasteiger partial charge in [0.2, 0.25) is 0 Å². The highest BCUT2D eigenvalue weighted by molar-refractivity contribution is 5.16. The summed E-state index contributed by atoms with van der Waals surface area (Å²) in [5.41, 5.74) is 0.987. The van der Waals surface area contributed by atoms with Crippen molar-refractivity contribution in [2.45, 2.75) is 13.2 Å². The molecule has 2 rings (SSSR count). The van der Waals surface area contributed by atoms with Gasteiger partial charge in [0.15, 0.2) is 0 Å². The van der Waals surface area contributed by atoms with Crippen LogP contribution in [0.25, 0.3) is 0 Å². The van der Waals surface area contributed by atoms with E-state index in [1.807, 2.05) is 16.8 Å². The van der Waals surface area contributed by atoms with Crippen LogP contribution in [0.5, 0.6) is 0 Å². The molecule has 2 aromatic rings. The molecule has 0 aliphatic rings. The Morgan fingerprint density at radius 3 is 3.15 bits per heavy atom. The SMILES string of the molecule is OCc1occc1Cn1ccnc1. The minimum atomic E-state index is -0.0585. The average Bonchev–Trinajstić information content (AvgIpc) is 2.76. The Balaban J connectivity index is 2.18. The topological polar surface area (TPSA) is 51.2 Å². The predicted molar refractivity (Wildman–Crippen MR) is 46.0 cm³/mol. The van der Waals surface area contributed by atoms with E-state index in [0.29, 0.717) is 12.3 Å². The second-order valence-corrected chi connectivity index (χ2v) is 2.76. The normalized spacial score (nSPS) is 10.5. The Kier molecular flexibility index (Phi) is 2.14. The van der Waals surface area contributed by atoms with Gasteiger partial charge in [-0.3, -0.25) is 0 Å². The Labute approximate surface area is 75.4 Å². The van der Waals surface area contributed by atoms with Gasteiger partial charge in [-0.25, -0.2) is 4.98 Å². The van der Waals surface area contributed by atoms with E-state index in [2.05, 4.69) is 4.98 Å². The summed E-state index contributed by atoms with van der Waals surface area (Å²) in [7, 11) is 0. The van der Waals surface area contributed by atoms with Crippen LogP contribution >= 0.6 is 0 Å². The van der Waals surface area contributed by atoms with Crippen molar-refractivity contribution in [1.82, 2.24) is 9.55 Å². The molecule has 0 fully saturated rings. The van der Waals surface area contributed by atoms with E-state index in [-0.39, 0.29) is 6.61 Å². The lowest BCUT2D eigenvalue weighted by Crippen LogP contribution is -1.97. The molecule has 0 atom stereocenters. The third-order valence-corrected chi connectivity index (χ3v) is 1.89. The van der Waals surface area contributed by atoms with Crippen molar-refractivity contribution in [2.24, 2.45) is 0 Å².